The molecule has 0 saturated carbocycles. The zero-order chi connectivity index (χ0) is 8.93. The monoisotopic (exact) mass is 171 g/mol. The van der Waals surface area contributed by atoms with Gasteiger partial charge in [0.1, 0.15) is 0 Å². The number of nitrogens with one attached hydrogen (secondary N) is 1. The minimum Gasteiger partial charge on any atom is -0.351 e. The number of aromatic nitrogens is 2. The first-order chi connectivity index (χ1) is 6.45. The van der Waals surface area contributed by atoms with Crippen molar-refractivity contribution in [2.75, 3.05) is 0 Å². The Balaban J connectivity index is 1.94. The molecule has 1 aromatic carbocycles. The van der Waals surface area contributed by atoms with Crippen LogP contribution in [0, 0.1) is 6.07 Å². The predicted molar refractivity (Wildman–Crippen MR) is 51.3 cm³/mol. The second-order valence-electron chi connectivity index (χ2n) is 2.97. The van der Waals surface area contributed by atoms with Gasteiger partial charge in [0.25, 0.3) is 0 Å². The molecule has 0 fully saturated rings. The highest BCUT2D eigenvalue weighted by atomic mass is 14.9. The standard InChI is InChI=1S/C11H11N2/c1-2-4-10(5-3-1)6-7-11-8-12-9-13-11/h2-5,8-9H,6-7H2,(H,12,13). The Morgan fingerprint density at radius 3 is 2.77 bits per heavy atom. The Hall–Kier alpha value is -1.57. The summed E-state index contributed by atoms with van der Waals surface area (Å²) in [5, 5.41) is 0. The summed E-state index contributed by atoms with van der Waals surface area (Å²) in [6.45, 7) is 0. The van der Waals surface area contributed by atoms with E-state index >= 15 is 0 Å². The van der Waals surface area contributed by atoms with E-state index in [-0.39, 0.29) is 0 Å². The molecule has 2 rings (SSSR count). The smallest absolute Gasteiger partial charge is 0.0923 e. The molecule has 0 aliphatic rings. The zero-order valence-electron chi connectivity index (χ0n) is 7.33. The average molecular weight is 171 g/mol. The third-order valence-electron chi connectivity index (χ3n) is 2.01. The molecule has 0 aliphatic carbocycles. The maximum Gasteiger partial charge on any atom is 0.0923 e. The van der Waals surface area contributed by atoms with E-state index in [4.69, 9.17) is 0 Å². The van der Waals surface area contributed by atoms with Crippen molar-refractivity contribution in [3.63, 3.8) is 0 Å². The summed E-state index contributed by atoms with van der Waals surface area (Å²) in [6.07, 6.45) is 5.69. The van der Waals surface area contributed by atoms with Crippen LogP contribution in [0.4, 0.5) is 0 Å². The first-order valence-electron chi connectivity index (χ1n) is 4.38. The average Bonchev–Trinajstić information content (AvgIpc) is 2.69. The molecule has 1 N–H and O–H groups in total. The van der Waals surface area contributed by atoms with Gasteiger partial charge >= 0.3 is 0 Å². The molecule has 0 saturated heterocycles. The second-order valence-corrected chi connectivity index (χ2v) is 2.97. The number of aryl methyl sites for hydroxylation is 2. The number of hydrogen-bond acceptors (Lipinski definition) is 1. The van der Waals surface area contributed by atoms with Crippen LogP contribution in [0.3, 0.4) is 0 Å². The van der Waals surface area contributed by atoms with Crippen molar-refractivity contribution in [2.24, 2.45) is 0 Å². The molecule has 0 spiro atoms. The van der Waals surface area contributed by atoms with Crippen molar-refractivity contribution in [3.8, 4) is 0 Å². The molecule has 13 heavy (non-hydrogen) atoms. The topological polar surface area (TPSA) is 28.7 Å². The maximum absolute atomic E-state index is 4.17. The van der Waals surface area contributed by atoms with Crippen molar-refractivity contribution in [2.45, 2.75) is 12.8 Å². The highest BCUT2D eigenvalue weighted by Gasteiger charge is 1.95. The molecule has 2 heteroatoms. The van der Waals surface area contributed by atoms with Crippen LogP contribution >= 0.6 is 0 Å². The fourth-order valence-corrected chi connectivity index (χ4v) is 1.29. The van der Waals surface area contributed by atoms with Gasteiger partial charge in [0, 0.05) is 6.20 Å². The number of benzene rings is 1. The molecule has 0 bridgehead atoms. The van der Waals surface area contributed by atoms with Crippen LogP contribution in [-0.2, 0) is 12.8 Å². The van der Waals surface area contributed by atoms with Gasteiger partial charge in [0.15, 0.2) is 0 Å². The Morgan fingerprint density at radius 2 is 2.08 bits per heavy atom. The molecular weight excluding hydrogens is 160 g/mol. The quantitative estimate of drug-likeness (QED) is 0.751. The SMILES string of the molecule is [c]1ccc(CCc2c[nH]cn2)cc1. The Morgan fingerprint density at radius 1 is 1.23 bits per heavy atom. The van der Waals surface area contributed by atoms with E-state index < -0.39 is 0 Å². The molecule has 65 valence electrons. The van der Waals surface area contributed by atoms with Crippen LogP contribution in [0.2, 0.25) is 0 Å². The van der Waals surface area contributed by atoms with E-state index in [2.05, 4.69) is 28.2 Å². The maximum atomic E-state index is 4.17. The van der Waals surface area contributed by atoms with Crippen molar-refractivity contribution < 1.29 is 0 Å². The Bertz CT molecular complexity index is 338. The fraction of sp³-hybridized carbons (Fsp3) is 0.182. The highest BCUT2D eigenvalue weighted by Crippen LogP contribution is 2.03. The van der Waals surface area contributed by atoms with Crippen LogP contribution < -0.4 is 0 Å². The van der Waals surface area contributed by atoms with Gasteiger partial charge in [-0.15, -0.1) is 0 Å². The first-order valence-corrected chi connectivity index (χ1v) is 4.38. The predicted octanol–water partition coefficient (Wildman–Crippen LogP) is 2.00. The molecule has 0 aliphatic heterocycles. The molecule has 0 unspecified atom stereocenters. The minimum atomic E-state index is 0.994. The van der Waals surface area contributed by atoms with Crippen LogP contribution in [0.1, 0.15) is 11.3 Å². The summed E-state index contributed by atoms with van der Waals surface area (Å²) in [5.41, 5.74) is 2.45. The lowest BCUT2D eigenvalue weighted by Gasteiger charge is -1.97. The summed E-state index contributed by atoms with van der Waals surface area (Å²) in [7, 11) is 0. The summed E-state index contributed by atoms with van der Waals surface area (Å²) < 4.78 is 0. The second kappa shape index (κ2) is 3.90. The van der Waals surface area contributed by atoms with Gasteiger partial charge in [-0.1, -0.05) is 24.3 Å². The Labute approximate surface area is 77.6 Å². The summed E-state index contributed by atoms with van der Waals surface area (Å²) in [5.74, 6) is 0. The number of aromatic amines is 1. The van der Waals surface area contributed by atoms with Crippen LogP contribution in [-0.4, -0.2) is 9.97 Å². The van der Waals surface area contributed by atoms with E-state index in [0.29, 0.717) is 0 Å². The van der Waals surface area contributed by atoms with E-state index in [1.165, 1.54) is 5.56 Å². The highest BCUT2D eigenvalue weighted by molar-refractivity contribution is 5.15. The molecule has 0 atom stereocenters. The minimum absolute atomic E-state index is 0.994. The van der Waals surface area contributed by atoms with Gasteiger partial charge in [0.2, 0.25) is 0 Å². The van der Waals surface area contributed by atoms with Gasteiger partial charge in [-0.05, 0) is 24.5 Å². The molecule has 1 aromatic heterocycles. The number of H-pyrrole nitrogens is 1. The van der Waals surface area contributed by atoms with Crippen molar-refractivity contribution in [1.82, 2.24) is 9.97 Å². The molecule has 2 aromatic rings. The van der Waals surface area contributed by atoms with Crippen LogP contribution in [0.15, 0.2) is 36.8 Å². The molecule has 1 radical (unpaired) electrons. The van der Waals surface area contributed by atoms with Crippen LogP contribution in [0.5, 0.6) is 0 Å². The van der Waals surface area contributed by atoms with Gasteiger partial charge in [0.05, 0.1) is 12.0 Å². The third-order valence-corrected chi connectivity index (χ3v) is 2.01. The van der Waals surface area contributed by atoms with Crippen molar-refractivity contribution >= 4 is 0 Å². The normalized spacial score (nSPS) is 10.2. The van der Waals surface area contributed by atoms with E-state index in [0.717, 1.165) is 18.5 Å². The van der Waals surface area contributed by atoms with Gasteiger partial charge in [-0.3, -0.25) is 0 Å². The number of rotatable bonds is 3. The summed E-state index contributed by atoms with van der Waals surface area (Å²) in [6, 6.07) is 11.1. The van der Waals surface area contributed by atoms with E-state index in [9.17, 15) is 0 Å². The lowest BCUT2D eigenvalue weighted by molar-refractivity contribution is 0.925. The fourth-order valence-electron chi connectivity index (χ4n) is 1.29. The van der Waals surface area contributed by atoms with Gasteiger partial charge in [-0.25, -0.2) is 4.98 Å². The number of imidazole rings is 1. The number of hydrogen-bond donors (Lipinski definition) is 1. The first kappa shape index (κ1) is 8.05. The molecule has 2 nitrogen and oxygen atoms in total. The molecular formula is C11H11N2. The lowest BCUT2D eigenvalue weighted by Crippen LogP contribution is -1.90. The Kier molecular flexibility index (Phi) is 2.41. The van der Waals surface area contributed by atoms with Gasteiger partial charge < -0.3 is 4.98 Å². The molecule has 0 amide bonds. The number of nitrogens with zero attached hydrogens (tertiary/aromatic N) is 1. The third kappa shape index (κ3) is 2.18. The summed E-state index contributed by atoms with van der Waals surface area (Å²) in [4.78, 5) is 7.12. The van der Waals surface area contributed by atoms with Gasteiger partial charge in [-0.2, -0.15) is 0 Å². The van der Waals surface area contributed by atoms with Crippen LogP contribution in [0.25, 0.3) is 0 Å². The zero-order valence-corrected chi connectivity index (χ0v) is 7.33. The molecule has 1 heterocycles. The van der Waals surface area contributed by atoms with Crippen molar-refractivity contribution in [3.05, 3.63) is 54.1 Å². The van der Waals surface area contributed by atoms with E-state index in [1.54, 1.807) is 6.33 Å². The van der Waals surface area contributed by atoms with E-state index in [1.807, 2.05) is 18.3 Å². The lowest BCUT2D eigenvalue weighted by atomic mass is 10.1. The largest absolute Gasteiger partial charge is 0.351 e. The van der Waals surface area contributed by atoms with Crippen molar-refractivity contribution in [1.29, 1.82) is 0 Å². The summed E-state index contributed by atoms with van der Waals surface area (Å²) >= 11 is 0.